The molecule has 0 aliphatic heterocycles. The van der Waals surface area contributed by atoms with Crippen LogP contribution in [0.15, 0.2) is 21.5 Å². The molecule has 0 bridgehead atoms. The lowest BCUT2D eigenvalue weighted by Gasteiger charge is -2.01. The molecular weight excluding hydrogens is 243 g/mol. The van der Waals surface area contributed by atoms with Crippen molar-refractivity contribution >= 4 is 33.4 Å². The first kappa shape index (κ1) is 9.36. The van der Waals surface area contributed by atoms with E-state index in [0.29, 0.717) is 9.37 Å². The predicted octanol–water partition coefficient (Wildman–Crippen LogP) is 2.74. The Balaban J connectivity index is 3.20. The van der Waals surface area contributed by atoms with E-state index < -0.39 is 5.82 Å². The van der Waals surface area contributed by atoms with E-state index in [4.69, 9.17) is 11.0 Å². The molecule has 0 saturated carbocycles. The molecule has 0 unspecified atom stereocenters. The van der Waals surface area contributed by atoms with Crippen molar-refractivity contribution in [1.29, 1.82) is 5.26 Å². The third-order valence-corrected chi connectivity index (χ3v) is 2.32. The lowest BCUT2D eigenvalue weighted by molar-refractivity contribution is 0.628. The molecule has 12 heavy (non-hydrogen) atoms. The van der Waals surface area contributed by atoms with Gasteiger partial charge in [0.1, 0.15) is 11.2 Å². The summed E-state index contributed by atoms with van der Waals surface area (Å²) in [6, 6.07) is 2.86. The molecule has 5 heteroatoms. The number of hydrogen-bond donors (Lipinski definition) is 1. The number of nitrogens with two attached hydrogens (primary N) is 1. The minimum Gasteiger partial charge on any atom is -0.395 e. The molecule has 2 N–H and O–H groups in total. The van der Waals surface area contributed by atoms with Crippen molar-refractivity contribution in [2.75, 3.05) is 5.73 Å². The summed E-state index contributed by atoms with van der Waals surface area (Å²) < 4.78 is 13.5. The minimum absolute atomic E-state index is 0.0183. The molecule has 0 aromatic heterocycles. The Kier molecular flexibility index (Phi) is 2.95. The van der Waals surface area contributed by atoms with Crippen LogP contribution in [0.5, 0.6) is 0 Å². The van der Waals surface area contributed by atoms with Crippen LogP contribution in [0.3, 0.4) is 0 Å². The zero-order valence-electron chi connectivity index (χ0n) is 5.84. The van der Waals surface area contributed by atoms with Crippen LogP contribution < -0.4 is 5.73 Å². The van der Waals surface area contributed by atoms with Crippen LogP contribution in [0.2, 0.25) is 0 Å². The number of thiocyanates is 1. The molecule has 0 aliphatic carbocycles. The van der Waals surface area contributed by atoms with Crippen molar-refractivity contribution in [2.24, 2.45) is 0 Å². The standard InChI is InChI=1S/C7H4BrFN2S/c8-4-1-5(9)7(11)6(2-4)12-3-10/h1-2H,11H2. The first-order valence-corrected chi connectivity index (χ1v) is 4.56. The van der Waals surface area contributed by atoms with Crippen LogP contribution in [0.4, 0.5) is 10.1 Å². The molecule has 0 fully saturated rings. The highest BCUT2D eigenvalue weighted by atomic mass is 79.9. The number of halogens is 2. The minimum atomic E-state index is -0.512. The van der Waals surface area contributed by atoms with Gasteiger partial charge in [0.15, 0.2) is 0 Å². The van der Waals surface area contributed by atoms with Gasteiger partial charge in [0.05, 0.1) is 5.69 Å². The number of nitrogen functional groups attached to an aromatic ring is 1. The Bertz CT molecular complexity index is 348. The smallest absolute Gasteiger partial charge is 0.148 e. The van der Waals surface area contributed by atoms with E-state index in [9.17, 15) is 4.39 Å². The van der Waals surface area contributed by atoms with Crippen molar-refractivity contribution < 1.29 is 4.39 Å². The van der Waals surface area contributed by atoms with Gasteiger partial charge in [-0.25, -0.2) is 4.39 Å². The second kappa shape index (κ2) is 3.78. The molecule has 0 radical (unpaired) electrons. The predicted molar refractivity (Wildman–Crippen MR) is 50.0 cm³/mol. The zero-order valence-corrected chi connectivity index (χ0v) is 8.25. The average molecular weight is 247 g/mol. The highest BCUT2D eigenvalue weighted by molar-refractivity contribution is 9.10. The Morgan fingerprint density at radius 3 is 2.83 bits per heavy atom. The number of anilines is 1. The zero-order chi connectivity index (χ0) is 9.14. The van der Waals surface area contributed by atoms with Crippen molar-refractivity contribution in [3.63, 3.8) is 0 Å². The number of hydrogen-bond acceptors (Lipinski definition) is 3. The quantitative estimate of drug-likeness (QED) is 0.471. The van der Waals surface area contributed by atoms with Crippen LogP contribution in [0, 0.1) is 16.5 Å². The third-order valence-electron chi connectivity index (χ3n) is 1.21. The summed E-state index contributed by atoms with van der Waals surface area (Å²) in [6.45, 7) is 0. The molecule has 0 heterocycles. The van der Waals surface area contributed by atoms with Gasteiger partial charge in [0, 0.05) is 9.37 Å². The van der Waals surface area contributed by atoms with Crippen molar-refractivity contribution in [3.05, 3.63) is 22.4 Å². The Morgan fingerprint density at radius 1 is 1.58 bits per heavy atom. The summed E-state index contributed by atoms with van der Waals surface area (Å²) >= 11 is 3.94. The maximum atomic E-state index is 12.9. The molecule has 2 nitrogen and oxygen atoms in total. The normalized spacial score (nSPS) is 9.42. The molecule has 0 amide bonds. The van der Waals surface area contributed by atoms with Crippen LogP contribution in [-0.2, 0) is 0 Å². The number of nitriles is 1. The van der Waals surface area contributed by atoms with E-state index >= 15 is 0 Å². The Morgan fingerprint density at radius 2 is 2.25 bits per heavy atom. The van der Waals surface area contributed by atoms with E-state index in [2.05, 4.69) is 15.9 Å². The summed E-state index contributed by atoms with van der Waals surface area (Å²) in [4.78, 5) is 0.435. The maximum absolute atomic E-state index is 12.9. The molecule has 62 valence electrons. The number of thioether (sulfide) groups is 1. The van der Waals surface area contributed by atoms with Crippen molar-refractivity contribution in [3.8, 4) is 5.40 Å². The maximum Gasteiger partial charge on any atom is 0.148 e. The second-order valence-electron chi connectivity index (χ2n) is 1.99. The van der Waals surface area contributed by atoms with Crippen molar-refractivity contribution in [2.45, 2.75) is 4.90 Å². The van der Waals surface area contributed by atoms with Gasteiger partial charge in [-0.05, 0) is 23.9 Å². The molecule has 0 aliphatic rings. The first-order chi connectivity index (χ1) is 5.65. The molecule has 1 aromatic rings. The molecular formula is C7H4BrFN2S. The molecule has 0 saturated heterocycles. The van der Waals surface area contributed by atoms with Crippen LogP contribution in [0.25, 0.3) is 0 Å². The van der Waals surface area contributed by atoms with Gasteiger partial charge in [-0.1, -0.05) is 15.9 Å². The van der Waals surface area contributed by atoms with E-state index in [1.165, 1.54) is 6.07 Å². The highest BCUT2D eigenvalue weighted by Crippen LogP contribution is 2.29. The summed E-state index contributed by atoms with van der Waals surface area (Å²) in [5.41, 5.74) is 5.39. The Hall–Kier alpha value is -0.730. The number of benzene rings is 1. The topological polar surface area (TPSA) is 49.8 Å². The highest BCUT2D eigenvalue weighted by Gasteiger charge is 2.06. The van der Waals surface area contributed by atoms with Gasteiger partial charge in [-0.3, -0.25) is 0 Å². The fourth-order valence-electron chi connectivity index (χ4n) is 0.695. The number of nitrogens with zero attached hydrogens (tertiary/aromatic N) is 1. The van der Waals surface area contributed by atoms with Gasteiger partial charge in [-0.15, -0.1) is 0 Å². The van der Waals surface area contributed by atoms with Crippen molar-refractivity contribution in [1.82, 2.24) is 0 Å². The molecule has 1 aromatic carbocycles. The van der Waals surface area contributed by atoms with Crippen LogP contribution >= 0.6 is 27.7 Å². The second-order valence-corrected chi connectivity index (χ2v) is 3.73. The first-order valence-electron chi connectivity index (χ1n) is 2.95. The summed E-state index contributed by atoms with van der Waals surface area (Å²) in [6.07, 6.45) is 0. The van der Waals surface area contributed by atoms with Gasteiger partial charge in [-0.2, -0.15) is 5.26 Å². The lowest BCUT2D eigenvalue weighted by atomic mass is 10.3. The van der Waals surface area contributed by atoms with E-state index in [1.807, 2.05) is 5.40 Å². The molecule has 0 atom stereocenters. The molecule has 0 spiro atoms. The largest absolute Gasteiger partial charge is 0.395 e. The SMILES string of the molecule is N#CSc1cc(Br)cc(F)c1N. The van der Waals surface area contributed by atoms with Gasteiger partial charge >= 0.3 is 0 Å². The fraction of sp³-hybridized carbons (Fsp3) is 0. The van der Waals surface area contributed by atoms with Gasteiger partial charge in [0.2, 0.25) is 0 Å². The van der Waals surface area contributed by atoms with E-state index in [1.54, 1.807) is 6.07 Å². The molecule has 1 rings (SSSR count). The van der Waals surface area contributed by atoms with E-state index in [0.717, 1.165) is 11.8 Å². The summed E-state index contributed by atoms with van der Waals surface area (Å²) in [5.74, 6) is -0.512. The summed E-state index contributed by atoms with van der Waals surface area (Å²) in [7, 11) is 0. The van der Waals surface area contributed by atoms with E-state index in [-0.39, 0.29) is 5.69 Å². The van der Waals surface area contributed by atoms with Crippen LogP contribution in [-0.4, -0.2) is 0 Å². The number of rotatable bonds is 1. The average Bonchev–Trinajstić information content (AvgIpc) is 2.00. The fourth-order valence-corrected chi connectivity index (χ4v) is 1.77. The third kappa shape index (κ3) is 1.90. The van der Waals surface area contributed by atoms with Gasteiger partial charge in [0.25, 0.3) is 0 Å². The lowest BCUT2D eigenvalue weighted by Crippen LogP contribution is -1.92. The van der Waals surface area contributed by atoms with Gasteiger partial charge < -0.3 is 5.73 Å². The summed E-state index contributed by atoms with van der Waals surface area (Å²) in [5, 5.41) is 10.2. The Labute approximate surface area is 81.7 Å². The van der Waals surface area contributed by atoms with Crippen LogP contribution in [0.1, 0.15) is 0 Å². The monoisotopic (exact) mass is 246 g/mol.